The lowest BCUT2D eigenvalue weighted by Gasteiger charge is -2.22. The number of hydrogen-bond donors (Lipinski definition) is 2. The summed E-state index contributed by atoms with van der Waals surface area (Å²) in [4.78, 5) is 12.0. The van der Waals surface area contributed by atoms with Crippen LogP contribution >= 0.6 is 0 Å². The number of nitrogens with one attached hydrogen (secondary N) is 2. The molecule has 6 nitrogen and oxygen atoms in total. The minimum atomic E-state index is -0.106. The van der Waals surface area contributed by atoms with Crippen LogP contribution in [0.25, 0.3) is 5.69 Å². The summed E-state index contributed by atoms with van der Waals surface area (Å²) < 4.78 is 7.39. The molecule has 1 saturated carbocycles. The smallest absolute Gasteiger partial charge is 0.254 e. The van der Waals surface area contributed by atoms with Crippen molar-refractivity contribution in [2.24, 2.45) is 5.10 Å². The van der Waals surface area contributed by atoms with Crippen molar-refractivity contribution in [2.75, 3.05) is 13.7 Å². The van der Waals surface area contributed by atoms with E-state index in [-0.39, 0.29) is 5.91 Å². The van der Waals surface area contributed by atoms with Crippen molar-refractivity contribution in [1.29, 1.82) is 0 Å². The van der Waals surface area contributed by atoms with Gasteiger partial charge in [-0.2, -0.15) is 5.10 Å². The van der Waals surface area contributed by atoms with E-state index in [1.54, 1.807) is 13.3 Å². The number of aryl methyl sites for hydroxylation is 1. The van der Waals surface area contributed by atoms with E-state index in [0.29, 0.717) is 12.6 Å². The van der Waals surface area contributed by atoms with Crippen molar-refractivity contribution >= 4 is 12.1 Å². The molecule has 0 bridgehead atoms. The molecule has 2 N–H and O–H groups in total. The minimum Gasteiger partial charge on any atom is -0.497 e. The van der Waals surface area contributed by atoms with Crippen LogP contribution in [0.1, 0.15) is 49.1 Å². The number of nitrogens with zero attached hydrogens (tertiary/aromatic N) is 2. The molecule has 1 fully saturated rings. The lowest BCUT2D eigenvalue weighted by molar-refractivity contribution is -0.120. The van der Waals surface area contributed by atoms with Gasteiger partial charge in [-0.15, -0.1) is 0 Å². The van der Waals surface area contributed by atoms with Gasteiger partial charge in [0.1, 0.15) is 5.75 Å². The minimum absolute atomic E-state index is 0.106. The Morgan fingerprint density at radius 2 is 1.93 bits per heavy atom. The van der Waals surface area contributed by atoms with E-state index in [1.807, 2.05) is 31.2 Å². The van der Waals surface area contributed by atoms with Crippen LogP contribution in [0.2, 0.25) is 0 Å². The third-order valence-electron chi connectivity index (χ3n) is 5.35. The van der Waals surface area contributed by atoms with Crippen molar-refractivity contribution in [3.8, 4) is 11.4 Å². The van der Waals surface area contributed by atoms with Crippen molar-refractivity contribution in [3.63, 3.8) is 0 Å². The topological polar surface area (TPSA) is 67.6 Å². The molecule has 1 aromatic carbocycles. The molecule has 0 atom stereocenters. The maximum absolute atomic E-state index is 12.0. The average molecular weight is 383 g/mol. The standard InChI is InChI=1S/C22H30N4O2/c1-16-13-18(17(2)26(16)20-9-11-21(28-3)12-10-20)14-24-25-22(27)15-23-19-7-5-4-6-8-19/h9-14,19,23H,4-8,15H2,1-3H3,(H,25,27)/b24-14-. The lowest BCUT2D eigenvalue weighted by atomic mass is 9.95. The van der Waals surface area contributed by atoms with Gasteiger partial charge in [-0.3, -0.25) is 4.79 Å². The Labute approximate surface area is 167 Å². The van der Waals surface area contributed by atoms with Gasteiger partial charge in [0.2, 0.25) is 0 Å². The molecule has 1 aliphatic rings. The van der Waals surface area contributed by atoms with E-state index in [9.17, 15) is 4.79 Å². The second kappa shape index (κ2) is 9.55. The van der Waals surface area contributed by atoms with Gasteiger partial charge < -0.3 is 14.6 Å². The highest BCUT2D eigenvalue weighted by atomic mass is 16.5. The predicted octanol–water partition coefficient (Wildman–Crippen LogP) is 3.48. The first kappa shape index (κ1) is 20.1. The summed E-state index contributed by atoms with van der Waals surface area (Å²) in [5.74, 6) is 0.725. The van der Waals surface area contributed by atoms with Crippen molar-refractivity contribution in [3.05, 3.63) is 47.3 Å². The van der Waals surface area contributed by atoms with Gasteiger partial charge in [0.15, 0.2) is 0 Å². The first-order valence-corrected chi connectivity index (χ1v) is 9.97. The van der Waals surface area contributed by atoms with E-state index < -0.39 is 0 Å². The first-order valence-electron chi connectivity index (χ1n) is 9.97. The number of benzene rings is 1. The molecule has 150 valence electrons. The fraction of sp³-hybridized carbons (Fsp3) is 0.455. The number of methoxy groups -OCH3 is 1. The number of amides is 1. The lowest BCUT2D eigenvalue weighted by Crippen LogP contribution is -2.38. The monoisotopic (exact) mass is 382 g/mol. The summed E-state index contributed by atoms with van der Waals surface area (Å²) >= 11 is 0. The number of hydrogen-bond acceptors (Lipinski definition) is 4. The molecule has 0 saturated heterocycles. The highest BCUT2D eigenvalue weighted by molar-refractivity contribution is 5.84. The highest BCUT2D eigenvalue weighted by Crippen LogP contribution is 2.22. The van der Waals surface area contributed by atoms with Crippen LogP contribution in [0.5, 0.6) is 5.75 Å². The number of carbonyl (C=O) groups is 1. The maximum atomic E-state index is 12.0. The molecule has 6 heteroatoms. The highest BCUT2D eigenvalue weighted by Gasteiger charge is 2.14. The van der Waals surface area contributed by atoms with Gasteiger partial charge in [0.05, 0.1) is 19.9 Å². The molecule has 3 rings (SSSR count). The largest absolute Gasteiger partial charge is 0.497 e. The summed E-state index contributed by atoms with van der Waals surface area (Å²) in [5, 5.41) is 7.47. The second-order valence-corrected chi connectivity index (χ2v) is 7.37. The van der Waals surface area contributed by atoms with E-state index in [2.05, 4.69) is 33.4 Å². The molecule has 1 heterocycles. The molecule has 1 aliphatic carbocycles. The zero-order valence-corrected chi connectivity index (χ0v) is 17.0. The number of ether oxygens (including phenoxy) is 1. The molecule has 2 aromatic rings. The van der Waals surface area contributed by atoms with Gasteiger partial charge in [-0.25, -0.2) is 5.43 Å². The Kier molecular flexibility index (Phi) is 6.87. The molecule has 1 amide bonds. The number of aromatic nitrogens is 1. The molecule has 0 spiro atoms. The van der Waals surface area contributed by atoms with Crippen LogP contribution in [-0.2, 0) is 4.79 Å². The SMILES string of the molecule is COc1ccc(-n2c(C)cc(/C=N\NC(=O)CNC3CCCCC3)c2C)cc1. The molecule has 0 radical (unpaired) electrons. The fourth-order valence-electron chi connectivity index (χ4n) is 3.80. The number of carbonyl (C=O) groups excluding carboxylic acids is 1. The molecule has 28 heavy (non-hydrogen) atoms. The van der Waals surface area contributed by atoms with Crippen LogP contribution in [0.3, 0.4) is 0 Å². The van der Waals surface area contributed by atoms with Crippen LogP contribution in [0.15, 0.2) is 35.4 Å². The maximum Gasteiger partial charge on any atom is 0.254 e. The van der Waals surface area contributed by atoms with Gasteiger partial charge in [-0.1, -0.05) is 19.3 Å². The Bertz CT molecular complexity index is 818. The zero-order valence-electron chi connectivity index (χ0n) is 17.0. The number of hydrazone groups is 1. The third-order valence-corrected chi connectivity index (χ3v) is 5.35. The molecule has 0 unspecified atom stereocenters. The van der Waals surface area contributed by atoms with E-state index in [0.717, 1.165) is 41.2 Å². The predicted molar refractivity (Wildman–Crippen MR) is 112 cm³/mol. The van der Waals surface area contributed by atoms with Gasteiger partial charge in [0.25, 0.3) is 5.91 Å². The zero-order chi connectivity index (χ0) is 19.9. The summed E-state index contributed by atoms with van der Waals surface area (Å²) in [7, 11) is 1.66. The van der Waals surface area contributed by atoms with Crippen LogP contribution in [0.4, 0.5) is 0 Å². The van der Waals surface area contributed by atoms with Crippen molar-refractivity contribution in [1.82, 2.24) is 15.3 Å². The molecule has 0 aliphatic heterocycles. The Hall–Kier alpha value is -2.60. The quantitative estimate of drug-likeness (QED) is 0.569. The van der Waals surface area contributed by atoms with Gasteiger partial charge in [0, 0.05) is 28.7 Å². The van der Waals surface area contributed by atoms with Crippen LogP contribution in [0, 0.1) is 13.8 Å². The Balaban J connectivity index is 1.58. The first-order chi connectivity index (χ1) is 13.6. The normalized spacial score (nSPS) is 15.1. The van der Waals surface area contributed by atoms with E-state index in [1.165, 1.54) is 19.3 Å². The van der Waals surface area contributed by atoms with Crippen LogP contribution < -0.4 is 15.5 Å². The van der Waals surface area contributed by atoms with Crippen molar-refractivity contribution in [2.45, 2.75) is 52.0 Å². The Morgan fingerprint density at radius 3 is 2.61 bits per heavy atom. The molecular formula is C22H30N4O2. The third kappa shape index (κ3) is 5.01. The summed E-state index contributed by atoms with van der Waals surface area (Å²) in [5.41, 5.74) is 6.85. The van der Waals surface area contributed by atoms with E-state index >= 15 is 0 Å². The fourth-order valence-corrected chi connectivity index (χ4v) is 3.80. The summed E-state index contributed by atoms with van der Waals surface area (Å²) in [6.07, 6.45) is 7.84. The van der Waals surface area contributed by atoms with Crippen LogP contribution in [-0.4, -0.2) is 36.4 Å². The van der Waals surface area contributed by atoms with Gasteiger partial charge >= 0.3 is 0 Å². The molecule has 1 aromatic heterocycles. The number of rotatable bonds is 7. The average Bonchev–Trinajstić information content (AvgIpc) is 3.00. The molecular weight excluding hydrogens is 352 g/mol. The van der Waals surface area contributed by atoms with E-state index in [4.69, 9.17) is 4.74 Å². The second-order valence-electron chi connectivity index (χ2n) is 7.37. The van der Waals surface area contributed by atoms with Gasteiger partial charge in [-0.05, 0) is 57.0 Å². The summed E-state index contributed by atoms with van der Waals surface area (Å²) in [6.45, 7) is 4.42. The van der Waals surface area contributed by atoms with Crippen molar-refractivity contribution < 1.29 is 9.53 Å². The Morgan fingerprint density at radius 1 is 1.21 bits per heavy atom. The summed E-state index contributed by atoms with van der Waals surface area (Å²) in [6, 6.07) is 10.5.